The summed E-state index contributed by atoms with van der Waals surface area (Å²) < 4.78 is 5.49. The van der Waals surface area contributed by atoms with E-state index in [9.17, 15) is 24.0 Å². The minimum Gasteiger partial charge on any atom is -0.490 e. The lowest BCUT2D eigenvalue weighted by Gasteiger charge is -2.21. The third-order valence-electron chi connectivity index (χ3n) is 6.72. The topological polar surface area (TPSA) is 230 Å². The number of benzene rings is 1. The number of hydrogen-bond acceptors (Lipinski definition) is 13. The van der Waals surface area contributed by atoms with Crippen LogP contribution in [0.2, 0.25) is 0 Å². The second kappa shape index (κ2) is 24.6. The SMILES string of the molecule is C#CCC(NC(=O)CNC(=O)[C@@H](CSSCC)NC(=O)[C@H](N)CCSC)C(=O)NCc1ccc(C(=O)NCCCOc2cnc(C#N)nc2)cc1. The van der Waals surface area contributed by atoms with Crippen LogP contribution in [0.4, 0.5) is 0 Å². The molecule has 3 atom stereocenters. The molecule has 0 bridgehead atoms. The summed E-state index contributed by atoms with van der Waals surface area (Å²) in [5, 5.41) is 22.0. The van der Waals surface area contributed by atoms with Crippen molar-refractivity contribution in [2.24, 2.45) is 5.73 Å². The van der Waals surface area contributed by atoms with Crippen LogP contribution in [-0.4, -0.2) is 101 Å². The average molecular weight is 758 g/mol. The molecule has 5 amide bonds. The van der Waals surface area contributed by atoms with Crippen molar-refractivity contribution >= 4 is 62.9 Å². The average Bonchev–Trinajstić information content (AvgIpc) is 3.14. The van der Waals surface area contributed by atoms with Crippen molar-refractivity contribution in [3.8, 4) is 24.2 Å². The summed E-state index contributed by atoms with van der Waals surface area (Å²) in [5.41, 5.74) is 7.08. The highest BCUT2D eigenvalue weighted by Crippen LogP contribution is 2.21. The van der Waals surface area contributed by atoms with Crippen molar-refractivity contribution in [1.82, 2.24) is 36.6 Å². The zero-order valence-electron chi connectivity index (χ0n) is 28.4. The number of amides is 5. The molecule has 15 nitrogen and oxygen atoms in total. The molecule has 0 saturated carbocycles. The van der Waals surface area contributed by atoms with Gasteiger partial charge in [-0.3, -0.25) is 24.0 Å². The molecule has 0 aliphatic rings. The summed E-state index contributed by atoms with van der Waals surface area (Å²) in [4.78, 5) is 71.2. The first-order valence-electron chi connectivity index (χ1n) is 15.9. The molecule has 7 N–H and O–H groups in total. The number of thioether (sulfide) groups is 1. The van der Waals surface area contributed by atoms with Crippen LogP contribution in [0.5, 0.6) is 5.75 Å². The number of carbonyl (C=O) groups excluding carboxylic acids is 5. The van der Waals surface area contributed by atoms with E-state index in [1.54, 1.807) is 36.0 Å². The van der Waals surface area contributed by atoms with Gasteiger partial charge in [0.05, 0.1) is 31.6 Å². The Balaban J connectivity index is 1.80. The highest BCUT2D eigenvalue weighted by Gasteiger charge is 2.25. The molecule has 2 rings (SSSR count). The summed E-state index contributed by atoms with van der Waals surface area (Å²) in [7, 11) is 2.95. The molecule has 1 aromatic carbocycles. The second-order valence-electron chi connectivity index (χ2n) is 10.6. The van der Waals surface area contributed by atoms with E-state index in [2.05, 4.69) is 42.5 Å². The van der Waals surface area contributed by atoms with E-state index in [4.69, 9.17) is 22.2 Å². The van der Waals surface area contributed by atoms with Gasteiger partial charge < -0.3 is 37.1 Å². The molecule has 51 heavy (non-hydrogen) atoms. The molecule has 18 heteroatoms. The van der Waals surface area contributed by atoms with E-state index in [0.717, 1.165) is 5.75 Å². The molecular weight excluding hydrogens is 715 g/mol. The minimum absolute atomic E-state index is 0.0495. The van der Waals surface area contributed by atoms with Gasteiger partial charge in [-0.05, 0) is 42.5 Å². The van der Waals surface area contributed by atoms with Gasteiger partial charge in [-0.15, -0.1) is 12.3 Å². The lowest BCUT2D eigenvalue weighted by Crippen LogP contribution is -2.54. The Morgan fingerprint density at radius 3 is 2.33 bits per heavy atom. The molecule has 1 heterocycles. The Labute approximate surface area is 309 Å². The van der Waals surface area contributed by atoms with Gasteiger partial charge in [-0.2, -0.15) is 17.0 Å². The molecule has 1 aromatic heterocycles. The summed E-state index contributed by atoms with van der Waals surface area (Å²) in [6.07, 6.45) is 11.1. The Morgan fingerprint density at radius 1 is 0.980 bits per heavy atom. The van der Waals surface area contributed by atoms with Crippen molar-refractivity contribution in [2.75, 3.05) is 43.2 Å². The van der Waals surface area contributed by atoms with Crippen LogP contribution in [0.15, 0.2) is 36.7 Å². The number of rotatable bonds is 23. The van der Waals surface area contributed by atoms with Crippen molar-refractivity contribution < 1.29 is 28.7 Å². The van der Waals surface area contributed by atoms with Gasteiger partial charge in [0.2, 0.25) is 29.5 Å². The normalized spacial score (nSPS) is 12.2. The number of carbonyl (C=O) groups is 5. The van der Waals surface area contributed by atoms with E-state index in [-0.39, 0.29) is 30.5 Å². The van der Waals surface area contributed by atoms with Crippen LogP contribution in [0, 0.1) is 23.7 Å². The molecule has 0 radical (unpaired) electrons. The first-order valence-corrected chi connectivity index (χ1v) is 19.8. The van der Waals surface area contributed by atoms with Crippen molar-refractivity contribution in [2.45, 2.75) is 50.9 Å². The fourth-order valence-corrected chi connectivity index (χ4v) is 6.32. The number of nitrogens with zero attached hydrogens (tertiary/aromatic N) is 3. The first kappa shape index (κ1) is 42.7. The van der Waals surface area contributed by atoms with E-state index >= 15 is 0 Å². The maximum Gasteiger partial charge on any atom is 0.251 e. The van der Waals surface area contributed by atoms with Gasteiger partial charge in [0.1, 0.15) is 18.2 Å². The molecule has 0 saturated heterocycles. The summed E-state index contributed by atoms with van der Waals surface area (Å²) >= 11 is 1.56. The molecule has 0 fully saturated rings. The Kier molecular flexibility index (Phi) is 20.6. The number of aromatic nitrogens is 2. The standard InChI is InChI=1S/C33H43N9O6S3/c1-4-7-26(41-29(43)20-40-33(47)27(21-51-50-5-2)42-31(45)25(35)12-15-49-3)32(46)39-17-22-8-10-23(11-9-22)30(44)36-13-6-14-48-24-18-37-28(16-34)38-19-24/h1,8-11,18-19,25-27H,5-7,12-15,17,20-21,35H2,2-3H3,(H,36,44)(H,39,46)(H,40,47)(H,41,43)(H,42,45)/t25-,26?,27-/m1/s1. The Bertz CT molecular complexity index is 1520. The zero-order valence-corrected chi connectivity index (χ0v) is 30.9. The maximum atomic E-state index is 12.9. The third kappa shape index (κ3) is 16.8. The van der Waals surface area contributed by atoms with E-state index in [0.29, 0.717) is 48.6 Å². The number of terminal acetylenes is 1. The van der Waals surface area contributed by atoms with Crippen LogP contribution in [0.25, 0.3) is 0 Å². The fraction of sp³-hybridized carbons (Fsp3) is 0.455. The van der Waals surface area contributed by atoms with Gasteiger partial charge >= 0.3 is 0 Å². The van der Waals surface area contributed by atoms with Gasteiger partial charge in [0, 0.05) is 36.6 Å². The van der Waals surface area contributed by atoms with Gasteiger partial charge in [-0.25, -0.2) is 9.97 Å². The largest absolute Gasteiger partial charge is 0.490 e. The van der Waals surface area contributed by atoms with Crippen LogP contribution < -0.4 is 37.1 Å². The van der Waals surface area contributed by atoms with Crippen LogP contribution in [0.1, 0.15) is 47.9 Å². The lowest BCUT2D eigenvalue weighted by molar-refractivity contribution is -0.131. The van der Waals surface area contributed by atoms with E-state index in [1.807, 2.05) is 19.2 Å². The van der Waals surface area contributed by atoms with E-state index < -0.39 is 48.3 Å². The fourth-order valence-electron chi connectivity index (χ4n) is 4.00. The third-order valence-corrected chi connectivity index (χ3v) is 9.85. The quantitative estimate of drug-likeness (QED) is 0.0523. The summed E-state index contributed by atoms with van der Waals surface area (Å²) in [6, 6.07) is 5.72. The van der Waals surface area contributed by atoms with Gasteiger partial charge in [-0.1, -0.05) is 40.6 Å². The van der Waals surface area contributed by atoms with Crippen LogP contribution in [-0.2, 0) is 25.7 Å². The molecule has 2 aromatic rings. The highest BCUT2D eigenvalue weighted by atomic mass is 33.1. The maximum absolute atomic E-state index is 12.9. The minimum atomic E-state index is -1.06. The molecule has 0 aliphatic heterocycles. The number of nitrogens with two attached hydrogens (primary N) is 1. The molecular formula is C33H43N9O6S3. The lowest BCUT2D eigenvalue weighted by atomic mass is 10.1. The Hall–Kier alpha value is -4.49. The monoisotopic (exact) mass is 757 g/mol. The highest BCUT2D eigenvalue weighted by molar-refractivity contribution is 8.76. The Morgan fingerprint density at radius 2 is 1.69 bits per heavy atom. The molecule has 0 spiro atoms. The second-order valence-corrected chi connectivity index (χ2v) is 14.4. The zero-order chi connectivity index (χ0) is 37.4. The predicted molar refractivity (Wildman–Crippen MR) is 199 cm³/mol. The number of nitrogens with one attached hydrogen (secondary N) is 5. The van der Waals surface area contributed by atoms with Crippen molar-refractivity contribution in [1.29, 1.82) is 5.26 Å². The number of nitriles is 1. The summed E-state index contributed by atoms with van der Waals surface area (Å²) in [5.74, 6) is 2.17. The predicted octanol–water partition coefficient (Wildman–Crippen LogP) is 0.754. The van der Waals surface area contributed by atoms with Crippen LogP contribution in [0.3, 0.4) is 0 Å². The number of hydrogen-bond donors (Lipinski definition) is 6. The van der Waals surface area contributed by atoms with Gasteiger partial charge in [0.15, 0.2) is 5.75 Å². The number of ether oxygens (including phenoxy) is 1. The summed E-state index contributed by atoms with van der Waals surface area (Å²) in [6.45, 7) is 2.32. The van der Waals surface area contributed by atoms with Gasteiger partial charge in [0.25, 0.3) is 5.91 Å². The van der Waals surface area contributed by atoms with E-state index in [1.165, 1.54) is 34.0 Å². The molecule has 1 unspecified atom stereocenters. The smallest absolute Gasteiger partial charge is 0.251 e. The van der Waals surface area contributed by atoms with Crippen LogP contribution >= 0.6 is 33.3 Å². The first-order chi connectivity index (χ1) is 24.6. The molecule has 0 aliphatic carbocycles. The van der Waals surface area contributed by atoms with Crippen molar-refractivity contribution in [3.63, 3.8) is 0 Å². The van der Waals surface area contributed by atoms with Crippen molar-refractivity contribution in [3.05, 3.63) is 53.6 Å². The molecule has 274 valence electrons.